The molecule has 0 radical (unpaired) electrons. The first-order chi connectivity index (χ1) is 8.33. The van der Waals surface area contributed by atoms with Crippen molar-refractivity contribution in [3.8, 4) is 0 Å². The quantitative estimate of drug-likeness (QED) is 0.511. The second-order valence-electron chi connectivity index (χ2n) is 3.48. The third-order valence-electron chi connectivity index (χ3n) is 2.16. The Labute approximate surface area is 101 Å². The molecular formula is C13H18O4. The Bertz CT molecular complexity index is 310. The molecule has 0 aliphatic heterocycles. The summed E-state index contributed by atoms with van der Waals surface area (Å²) in [5.74, 6) is -0.254. The van der Waals surface area contributed by atoms with Gasteiger partial charge in [-0.15, -0.1) is 0 Å². The van der Waals surface area contributed by atoms with E-state index in [0.717, 1.165) is 5.56 Å². The first-order valence-corrected chi connectivity index (χ1v) is 5.59. The lowest BCUT2D eigenvalue weighted by Gasteiger charge is -2.05. The van der Waals surface area contributed by atoms with E-state index in [-0.39, 0.29) is 12.4 Å². The second-order valence-corrected chi connectivity index (χ2v) is 3.48. The van der Waals surface area contributed by atoms with E-state index in [2.05, 4.69) is 4.74 Å². The van der Waals surface area contributed by atoms with E-state index < -0.39 is 0 Å². The van der Waals surface area contributed by atoms with E-state index in [1.165, 1.54) is 7.11 Å². The van der Waals surface area contributed by atoms with Crippen LogP contribution in [0.2, 0.25) is 0 Å². The van der Waals surface area contributed by atoms with E-state index in [1.54, 1.807) is 0 Å². The summed E-state index contributed by atoms with van der Waals surface area (Å²) in [5, 5.41) is 0. The molecule has 0 saturated carbocycles. The van der Waals surface area contributed by atoms with Crippen molar-refractivity contribution in [3.05, 3.63) is 35.9 Å². The number of methoxy groups -OCH3 is 1. The molecule has 0 saturated heterocycles. The Morgan fingerprint density at radius 3 is 2.47 bits per heavy atom. The largest absolute Gasteiger partial charge is 0.469 e. The standard InChI is InChI=1S/C13H18O4/c1-15-13(14)7-8-16-9-10-17-11-12-5-3-2-4-6-12/h2-6H,7-11H2,1H3. The van der Waals surface area contributed by atoms with Crippen LogP contribution in [0, 0.1) is 0 Å². The van der Waals surface area contributed by atoms with Gasteiger partial charge in [-0.2, -0.15) is 0 Å². The van der Waals surface area contributed by atoms with Crippen molar-refractivity contribution in [2.75, 3.05) is 26.9 Å². The summed E-state index contributed by atoms with van der Waals surface area (Å²) < 4.78 is 15.1. The SMILES string of the molecule is COC(=O)CCOCCOCc1ccccc1. The predicted molar refractivity (Wildman–Crippen MR) is 63.6 cm³/mol. The van der Waals surface area contributed by atoms with Crippen molar-refractivity contribution < 1.29 is 19.0 Å². The highest BCUT2D eigenvalue weighted by Crippen LogP contribution is 2.00. The molecule has 0 heterocycles. The van der Waals surface area contributed by atoms with Crippen LogP contribution in [0.25, 0.3) is 0 Å². The minimum absolute atomic E-state index is 0.254. The molecule has 0 aromatic heterocycles. The van der Waals surface area contributed by atoms with Gasteiger partial charge in [0.25, 0.3) is 0 Å². The number of ether oxygens (including phenoxy) is 3. The van der Waals surface area contributed by atoms with Crippen molar-refractivity contribution in [3.63, 3.8) is 0 Å². The summed E-state index contributed by atoms with van der Waals surface area (Å²) in [6.45, 7) is 1.97. The summed E-state index contributed by atoms with van der Waals surface area (Å²) in [7, 11) is 1.37. The van der Waals surface area contributed by atoms with Gasteiger partial charge in [0, 0.05) is 0 Å². The lowest BCUT2D eigenvalue weighted by molar-refractivity contribution is -0.141. The molecule has 0 unspecified atom stereocenters. The molecule has 0 aliphatic rings. The van der Waals surface area contributed by atoms with Crippen molar-refractivity contribution in [2.24, 2.45) is 0 Å². The highest BCUT2D eigenvalue weighted by atomic mass is 16.5. The number of benzene rings is 1. The summed E-state index contributed by atoms with van der Waals surface area (Å²) >= 11 is 0. The number of rotatable bonds is 8. The van der Waals surface area contributed by atoms with Crippen molar-refractivity contribution in [1.29, 1.82) is 0 Å². The number of carbonyl (C=O) groups is 1. The third-order valence-corrected chi connectivity index (χ3v) is 2.16. The fourth-order valence-corrected chi connectivity index (χ4v) is 1.24. The molecule has 94 valence electrons. The van der Waals surface area contributed by atoms with Crippen LogP contribution in [0.1, 0.15) is 12.0 Å². The first-order valence-electron chi connectivity index (χ1n) is 5.59. The van der Waals surface area contributed by atoms with Crippen LogP contribution < -0.4 is 0 Å². The maximum atomic E-state index is 10.8. The minimum atomic E-state index is -0.254. The van der Waals surface area contributed by atoms with Gasteiger partial charge in [-0.1, -0.05) is 30.3 Å². The minimum Gasteiger partial charge on any atom is -0.469 e. The van der Waals surface area contributed by atoms with Crippen LogP contribution in [-0.4, -0.2) is 32.9 Å². The van der Waals surface area contributed by atoms with Crippen LogP contribution in [0.3, 0.4) is 0 Å². The van der Waals surface area contributed by atoms with Gasteiger partial charge in [-0.3, -0.25) is 4.79 Å². The zero-order chi connectivity index (χ0) is 12.3. The van der Waals surface area contributed by atoms with Gasteiger partial charge < -0.3 is 14.2 Å². The molecule has 0 aliphatic carbocycles. The Morgan fingerprint density at radius 1 is 1.06 bits per heavy atom. The van der Waals surface area contributed by atoms with Gasteiger partial charge in [-0.25, -0.2) is 0 Å². The lowest BCUT2D eigenvalue weighted by Crippen LogP contribution is -2.09. The number of carbonyl (C=O) groups excluding carboxylic acids is 1. The van der Waals surface area contributed by atoms with E-state index in [9.17, 15) is 4.79 Å². The monoisotopic (exact) mass is 238 g/mol. The van der Waals surface area contributed by atoms with Gasteiger partial charge in [-0.05, 0) is 5.56 Å². The molecule has 0 fully saturated rings. The van der Waals surface area contributed by atoms with E-state index in [4.69, 9.17) is 9.47 Å². The molecule has 0 atom stereocenters. The van der Waals surface area contributed by atoms with Crippen LogP contribution in [0.15, 0.2) is 30.3 Å². The summed E-state index contributed by atoms with van der Waals surface area (Å²) in [6.07, 6.45) is 0.287. The zero-order valence-electron chi connectivity index (χ0n) is 10.1. The summed E-state index contributed by atoms with van der Waals surface area (Å²) in [4.78, 5) is 10.8. The zero-order valence-corrected chi connectivity index (χ0v) is 10.1. The molecular weight excluding hydrogens is 220 g/mol. The molecule has 4 nitrogen and oxygen atoms in total. The summed E-state index contributed by atoms with van der Waals surface area (Å²) in [5.41, 5.74) is 1.14. The van der Waals surface area contributed by atoms with E-state index >= 15 is 0 Å². The van der Waals surface area contributed by atoms with Gasteiger partial charge in [0.2, 0.25) is 0 Å². The Kier molecular flexibility index (Phi) is 7.02. The molecule has 1 aromatic carbocycles. The van der Waals surface area contributed by atoms with Gasteiger partial charge in [0.1, 0.15) is 0 Å². The highest BCUT2D eigenvalue weighted by molar-refractivity contribution is 5.69. The Morgan fingerprint density at radius 2 is 1.76 bits per heavy atom. The Balaban J connectivity index is 1.93. The van der Waals surface area contributed by atoms with Gasteiger partial charge >= 0.3 is 5.97 Å². The van der Waals surface area contributed by atoms with Crippen molar-refractivity contribution >= 4 is 5.97 Å². The van der Waals surface area contributed by atoms with Crippen LogP contribution in [0.5, 0.6) is 0 Å². The van der Waals surface area contributed by atoms with Crippen molar-refractivity contribution in [2.45, 2.75) is 13.0 Å². The maximum Gasteiger partial charge on any atom is 0.307 e. The lowest BCUT2D eigenvalue weighted by atomic mass is 10.2. The molecule has 17 heavy (non-hydrogen) atoms. The average molecular weight is 238 g/mol. The predicted octanol–water partition coefficient (Wildman–Crippen LogP) is 1.78. The number of esters is 1. The van der Waals surface area contributed by atoms with Gasteiger partial charge in [0.05, 0.1) is 40.0 Å². The van der Waals surface area contributed by atoms with Crippen LogP contribution in [-0.2, 0) is 25.6 Å². The van der Waals surface area contributed by atoms with E-state index in [1.807, 2.05) is 30.3 Å². The maximum absolute atomic E-state index is 10.8. The fourth-order valence-electron chi connectivity index (χ4n) is 1.24. The number of hydrogen-bond donors (Lipinski definition) is 0. The smallest absolute Gasteiger partial charge is 0.307 e. The van der Waals surface area contributed by atoms with E-state index in [0.29, 0.717) is 26.4 Å². The average Bonchev–Trinajstić information content (AvgIpc) is 2.38. The Hall–Kier alpha value is -1.39. The number of hydrogen-bond acceptors (Lipinski definition) is 4. The molecule has 0 bridgehead atoms. The fraction of sp³-hybridized carbons (Fsp3) is 0.462. The van der Waals surface area contributed by atoms with Gasteiger partial charge in [0.15, 0.2) is 0 Å². The molecule has 0 spiro atoms. The van der Waals surface area contributed by atoms with Crippen molar-refractivity contribution in [1.82, 2.24) is 0 Å². The molecule has 4 heteroatoms. The second kappa shape index (κ2) is 8.73. The highest BCUT2D eigenvalue weighted by Gasteiger charge is 1.99. The molecule has 0 N–H and O–H groups in total. The van der Waals surface area contributed by atoms with Crippen LogP contribution in [0.4, 0.5) is 0 Å². The van der Waals surface area contributed by atoms with Crippen LogP contribution >= 0.6 is 0 Å². The molecule has 0 amide bonds. The molecule has 1 rings (SSSR count). The first kappa shape index (κ1) is 13.7. The normalized spacial score (nSPS) is 10.2. The summed E-state index contributed by atoms with van der Waals surface area (Å²) in [6, 6.07) is 9.95. The third kappa shape index (κ3) is 6.71. The molecule has 1 aromatic rings. The topological polar surface area (TPSA) is 44.8 Å².